The highest BCUT2D eigenvalue weighted by Gasteiger charge is 2.51. The fourth-order valence-corrected chi connectivity index (χ4v) is 2.66. The maximum absolute atomic E-state index is 11.8. The Morgan fingerprint density at radius 2 is 2.47 bits per heavy atom. The van der Waals surface area contributed by atoms with E-state index in [9.17, 15) is 4.79 Å². The molecule has 6 heteroatoms. The highest BCUT2D eigenvalue weighted by molar-refractivity contribution is 6.08. The second kappa shape index (κ2) is 4.62. The summed E-state index contributed by atoms with van der Waals surface area (Å²) in [5, 5.41) is 10.6. The normalized spacial score (nSPS) is 33.3. The molecule has 2 fully saturated rings. The molecule has 0 bridgehead atoms. The second-order valence-electron chi connectivity index (χ2n) is 4.62. The number of ether oxygens (including phenoxy) is 2. The van der Waals surface area contributed by atoms with Gasteiger partial charge >= 0.3 is 6.03 Å². The predicted molar refractivity (Wildman–Crippen MR) is 62.2 cm³/mol. The first-order chi connectivity index (χ1) is 8.10. The van der Waals surface area contributed by atoms with Crippen molar-refractivity contribution in [2.24, 2.45) is 0 Å². The van der Waals surface area contributed by atoms with Gasteiger partial charge in [-0.3, -0.25) is 10.7 Å². The number of methoxy groups -OCH3 is 1. The topological polar surface area (TPSA) is 74.7 Å². The van der Waals surface area contributed by atoms with Crippen molar-refractivity contribution >= 4 is 11.9 Å². The van der Waals surface area contributed by atoms with E-state index in [1.54, 1.807) is 12.0 Å². The van der Waals surface area contributed by atoms with E-state index >= 15 is 0 Å². The minimum absolute atomic E-state index is 0.0712. The van der Waals surface area contributed by atoms with Crippen LogP contribution in [0.4, 0.5) is 4.79 Å². The van der Waals surface area contributed by atoms with Crippen LogP contribution in [0.5, 0.6) is 0 Å². The Morgan fingerprint density at radius 3 is 3.12 bits per heavy atom. The number of rotatable bonds is 3. The monoisotopic (exact) mass is 241 g/mol. The van der Waals surface area contributed by atoms with Gasteiger partial charge in [-0.2, -0.15) is 0 Å². The zero-order valence-corrected chi connectivity index (χ0v) is 10.3. The van der Waals surface area contributed by atoms with Gasteiger partial charge in [0.2, 0.25) is 0 Å². The first-order valence-electron chi connectivity index (χ1n) is 5.88. The average molecular weight is 241 g/mol. The Hall–Kier alpha value is -1.14. The van der Waals surface area contributed by atoms with Crippen LogP contribution in [0.3, 0.4) is 0 Å². The van der Waals surface area contributed by atoms with Crippen molar-refractivity contribution in [1.82, 2.24) is 10.2 Å². The van der Waals surface area contributed by atoms with E-state index in [1.807, 2.05) is 6.92 Å². The minimum Gasteiger partial charge on any atom is -0.383 e. The SMILES string of the molecule is COCCN1C(=O)NC(=N)C12CCOC(C)C2. The molecule has 2 aliphatic heterocycles. The van der Waals surface area contributed by atoms with E-state index in [0.29, 0.717) is 38.4 Å². The highest BCUT2D eigenvalue weighted by Crippen LogP contribution is 2.34. The van der Waals surface area contributed by atoms with E-state index in [2.05, 4.69) is 5.32 Å². The number of carbonyl (C=O) groups is 1. The summed E-state index contributed by atoms with van der Waals surface area (Å²) < 4.78 is 10.5. The summed E-state index contributed by atoms with van der Waals surface area (Å²) in [5.74, 6) is 0.300. The van der Waals surface area contributed by atoms with Crippen molar-refractivity contribution in [2.45, 2.75) is 31.4 Å². The average Bonchev–Trinajstić information content (AvgIpc) is 2.49. The molecule has 17 heavy (non-hydrogen) atoms. The van der Waals surface area contributed by atoms with Gasteiger partial charge in [-0.1, -0.05) is 0 Å². The van der Waals surface area contributed by atoms with E-state index < -0.39 is 5.54 Å². The van der Waals surface area contributed by atoms with Crippen LogP contribution in [0.1, 0.15) is 19.8 Å². The highest BCUT2D eigenvalue weighted by atomic mass is 16.5. The molecule has 0 aromatic rings. The number of carbonyl (C=O) groups excluding carboxylic acids is 1. The van der Waals surface area contributed by atoms with Gasteiger partial charge in [0.1, 0.15) is 11.4 Å². The molecule has 1 spiro atoms. The molecule has 2 heterocycles. The lowest BCUT2D eigenvalue weighted by Crippen LogP contribution is -2.55. The summed E-state index contributed by atoms with van der Waals surface area (Å²) in [6.07, 6.45) is 1.43. The van der Waals surface area contributed by atoms with Crippen molar-refractivity contribution in [1.29, 1.82) is 5.41 Å². The van der Waals surface area contributed by atoms with Crippen LogP contribution in [0.2, 0.25) is 0 Å². The van der Waals surface area contributed by atoms with Gasteiger partial charge in [0.15, 0.2) is 0 Å². The van der Waals surface area contributed by atoms with Crippen LogP contribution in [0.15, 0.2) is 0 Å². The minimum atomic E-state index is -0.507. The van der Waals surface area contributed by atoms with Crippen LogP contribution in [0, 0.1) is 5.41 Å². The van der Waals surface area contributed by atoms with E-state index in [-0.39, 0.29) is 12.1 Å². The zero-order valence-electron chi connectivity index (χ0n) is 10.3. The molecule has 0 radical (unpaired) electrons. The number of hydrogen-bond acceptors (Lipinski definition) is 4. The summed E-state index contributed by atoms with van der Waals surface area (Å²) >= 11 is 0. The summed E-state index contributed by atoms with van der Waals surface area (Å²) in [7, 11) is 1.61. The van der Waals surface area contributed by atoms with Crippen LogP contribution in [-0.2, 0) is 9.47 Å². The van der Waals surface area contributed by atoms with Crippen LogP contribution < -0.4 is 5.32 Å². The summed E-state index contributed by atoms with van der Waals surface area (Å²) in [6, 6.07) is -0.193. The summed E-state index contributed by atoms with van der Waals surface area (Å²) in [4.78, 5) is 13.6. The number of amidine groups is 1. The maximum atomic E-state index is 11.8. The number of nitrogens with one attached hydrogen (secondary N) is 2. The van der Waals surface area contributed by atoms with E-state index in [4.69, 9.17) is 14.9 Å². The maximum Gasteiger partial charge on any atom is 0.323 e. The molecule has 2 aliphatic rings. The van der Waals surface area contributed by atoms with E-state index in [1.165, 1.54) is 0 Å². The van der Waals surface area contributed by atoms with Gasteiger partial charge in [0.05, 0.1) is 12.7 Å². The van der Waals surface area contributed by atoms with Gasteiger partial charge in [0.25, 0.3) is 0 Å². The van der Waals surface area contributed by atoms with Gasteiger partial charge in [0, 0.05) is 33.1 Å². The lowest BCUT2D eigenvalue weighted by Gasteiger charge is -2.41. The smallest absolute Gasteiger partial charge is 0.323 e. The molecular formula is C11H19N3O3. The molecule has 2 unspecified atom stereocenters. The molecule has 0 aromatic carbocycles. The first kappa shape index (κ1) is 12.3. The standard InChI is InChI=1S/C11H19N3O3/c1-8-7-11(3-5-17-8)9(12)13-10(15)14(11)4-6-16-2/h8H,3-7H2,1-2H3,(H2,12,13,15). The fourth-order valence-electron chi connectivity index (χ4n) is 2.66. The molecule has 0 aromatic heterocycles. The number of hydrogen-bond donors (Lipinski definition) is 2. The molecule has 2 atom stereocenters. The molecule has 0 saturated carbocycles. The molecular weight excluding hydrogens is 222 g/mol. The van der Waals surface area contributed by atoms with Crippen LogP contribution >= 0.6 is 0 Å². The van der Waals surface area contributed by atoms with Crippen molar-refractivity contribution in [2.75, 3.05) is 26.9 Å². The third-order valence-electron chi connectivity index (χ3n) is 3.52. The Bertz CT molecular complexity index is 334. The fraction of sp³-hybridized carbons (Fsp3) is 0.818. The lowest BCUT2D eigenvalue weighted by atomic mass is 9.85. The largest absolute Gasteiger partial charge is 0.383 e. The summed E-state index contributed by atoms with van der Waals surface area (Å²) in [6.45, 7) is 3.56. The Kier molecular flexibility index (Phi) is 3.35. The third-order valence-corrected chi connectivity index (χ3v) is 3.52. The first-order valence-corrected chi connectivity index (χ1v) is 5.88. The molecule has 2 saturated heterocycles. The van der Waals surface area contributed by atoms with Crippen molar-refractivity contribution in [3.8, 4) is 0 Å². The molecule has 0 aliphatic carbocycles. The lowest BCUT2D eigenvalue weighted by molar-refractivity contribution is -0.0261. The third kappa shape index (κ3) is 2.02. The Morgan fingerprint density at radius 1 is 1.71 bits per heavy atom. The van der Waals surface area contributed by atoms with Crippen molar-refractivity contribution in [3.63, 3.8) is 0 Å². The number of urea groups is 1. The Balaban J connectivity index is 2.20. The molecule has 96 valence electrons. The second-order valence-corrected chi connectivity index (χ2v) is 4.62. The van der Waals surface area contributed by atoms with E-state index in [0.717, 1.165) is 0 Å². The van der Waals surface area contributed by atoms with Gasteiger partial charge in [-0.05, 0) is 6.92 Å². The van der Waals surface area contributed by atoms with Gasteiger partial charge in [-0.15, -0.1) is 0 Å². The quantitative estimate of drug-likeness (QED) is 0.758. The van der Waals surface area contributed by atoms with Gasteiger partial charge < -0.3 is 14.4 Å². The van der Waals surface area contributed by atoms with Gasteiger partial charge in [-0.25, -0.2) is 4.79 Å². The number of amides is 2. The summed E-state index contributed by atoms with van der Waals surface area (Å²) in [5.41, 5.74) is -0.507. The molecule has 2 rings (SSSR count). The molecule has 6 nitrogen and oxygen atoms in total. The van der Waals surface area contributed by atoms with Crippen LogP contribution in [0.25, 0.3) is 0 Å². The number of nitrogens with zero attached hydrogens (tertiary/aromatic N) is 1. The van der Waals surface area contributed by atoms with Crippen LogP contribution in [-0.4, -0.2) is 55.3 Å². The zero-order chi connectivity index (χ0) is 12.5. The van der Waals surface area contributed by atoms with Crippen molar-refractivity contribution < 1.29 is 14.3 Å². The molecule has 2 amide bonds. The van der Waals surface area contributed by atoms with Crippen molar-refractivity contribution in [3.05, 3.63) is 0 Å². The molecule has 2 N–H and O–H groups in total. The Labute approximate surface area is 101 Å². The predicted octanol–water partition coefficient (Wildman–Crippen LogP) is 0.573.